The molecule has 0 aliphatic heterocycles. The molecule has 1 aromatic heterocycles. The third-order valence-corrected chi connectivity index (χ3v) is 2.64. The Kier molecular flexibility index (Phi) is 5.00. The van der Waals surface area contributed by atoms with Gasteiger partial charge in [0, 0.05) is 13.3 Å². The fourth-order valence-electron chi connectivity index (χ4n) is 1.84. The van der Waals surface area contributed by atoms with E-state index in [9.17, 15) is 9.59 Å². The highest BCUT2D eigenvalue weighted by molar-refractivity contribution is 5.94. The molecule has 0 fully saturated rings. The van der Waals surface area contributed by atoms with Gasteiger partial charge in [-0.3, -0.25) is 14.6 Å². The van der Waals surface area contributed by atoms with E-state index < -0.39 is 17.4 Å². The highest BCUT2D eigenvalue weighted by Gasteiger charge is 2.30. The molecule has 0 aromatic carbocycles. The topological polar surface area (TPSA) is 88.5 Å². The number of aliphatic carboxylic acids is 1. The third kappa shape index (κ3) is 4.33. The van der Waals surface area contributed by atoms with Gasteiger partial charge in [0.25, 0.3) is 5.91 Å². The Morgan fingerprint density at radius 1 is 1.53 bits per heavy atom. The second-order valence-electron chi connectivity index (χ2n) is 4.69. The van der Waals surface area contributed by atoms with Gasteiger partial charge in [0.15, 0.2) is 0 Å². The van der Waals surface area contributed by atoms with E-state index in [0.29, 0.717) is 0 Å². The molecule has 6 heteroatoms. The monoisotopic (exact) mass is 266 g/mol. The lowest BCUT2D eigenvalue weighted by atomic mass is 9.98. The maximum absolute atomic E-state index is 12.1. The van der Waals surface area contributed by atoms with Crippen LogP contribution < -0.4 is 5.32 Å². The van der Waals surface area contributed by atoms with E-state index in [1.807, 2.05) is 0 Å². The van der Waals surface area contributed by atoms with Crippen molar-refractivity contribution in [2.75, 3.05) is 13.7 Å². The number of nitrogens with zero attached hydrogens (tertiary/aromatic N) is 1. The molecule has 0 aliphatic rings. The first-order chi connectivity index (χ1) is 8.88. The predicted octanol–water partition coefficient (Wildman–Crippen LogP) is 1.000. The first kappa shape index (κ1) is 15.1. The minimum Gasteiger partial charge on any atom is -0.481 e. The summed E-state index contributed by atoms with van der Waals surface area (Å²) >= 11 is 0. The number of hydrogen-bond acceptors (Lipinski definition) is 4. The summed E-state index contributed by atoms with van der Waals surface area (Å²) in [7, 11) is 1.46. The highest BCUT2D eigenvalue weighted by atomic mass is 16.5. The fraction of sp³-hybridized carbons (Fsp3) is 0.462. The van der Waals surface area contributed by atoms with Crippen molar-refractivity contribution in [3.05, 3.63) is 29.6 Å². The van der Waals surface area contributed by atoms with Crippen molar-refractivity contribution in [2.45, 2.75) is 25.8 Å². The number of ether oxygens (including phenoxy) is 1. The van der Waals surface area contributed by atoms with Crippen LogP contribution in [0.15, 0.2) is 18.3 Å². The molecule has 2 N–H and O–H groups in total. The van der Waals surface area contributed by atoms with Gasteiger partial charge in [0.1, 0.15) is 5.69 Å². The predicted molar refractivity (Wildman–Crippen MR) is 69.0 cm³/mol. The van der Waals surface area contributed by atoms with Crippen LogP contribution >= 0.6 is 0 Å². The van der Waals surface area contributed by atoms with E-state index in [1.165, 1.54) is 13.3 Å². The van der Waals surface area contributed by atoms with Crippen LogP contribution in [0.25, 0.3) is 0 Å². The van der Waals surface area contributed by atoms with E-state index in [-0.39, 0.29) is 18.7 Å². The largest absolute Gasteiger partial charge is 0.481 e. The molecule has 1 aromatic rings. The summed E-state index contributed by atoms with van der Waals surface area (Å²) in [4.78, 5) is 27.0. The maximum atomic E-state index is 12.1. The second kappa shape index (κ2) is 6.29. The molecule has 1 rings (SSSR count). The van der Waals surface area contributed by atoms with E-state index in [0.717, 1.165) is 5.56 Å². The normalized spacial score (nSPS) is 13.6. The van der Waals surface area contributed by atoms with Crippen molar-refractivity contribution in [1.29, 1.82) is 0 Å². The molecule has 0 aliphatic carbocycles. The highest BCUT2D eigenvalue weighted by Crippen LogP contribution is 2.12. The van der Waals surface area contributed by atoms with Gasteiger partial charge in [0.05, 0.1) is 18.6 Å². The smallest absolute Gasteiger partial charge is 0.305 e. The van der Waals surface area contributed by atoms with Crippen LogP contribution in [0, 0.1) is 6.92 Å². The number of aryl methyl sites for hydroxylation is 1. The molecule has 1 amide bonds. The minimum absolute atomic E-state index is 0.108. The zero-order chi connectivity index (χ0) is 14.5. The molecular formula is C13H18N2O4. The number of carboxylic acid groups (broad SMARTS) is 1. The molecule has 0 bridgehead atoms. The van der Waals surface area contributed by atoms with Crippen molar-refractivity contribution in [3.63, 3.8) is 0 Å². The van der Waals surface area contributed by atoms with E-state index in [4.69, 9.17) is 9.84 Å². The molecule has 0 saturated heterocycles. The van der Waals surface area contributed by atoms with Crippen LogP contribution in [-0.4, -0.2) is 41.2 Å². The van der Waals surface area contributed by atoms with E-state index in [2.05, 4.69) is 10.3 Å². The van der Waals surface area contributed by atoms with Gasteiger partial charge >= 0.3 is 5.97 Å². The summed E-state index contributed by atoms with van der Waals surface area (Å²) in [6.45, 7) is 3.50. The van der Waals surface area contributed by atoms with Crippen molar-refractivity contribution < 1.29 is 19.4 Å². The molecule has 1 unspecified atom stereocenters. The molecule has 1 heterocycles. The number of hydrogen-bond donors (Lipinski definition) is 2. The number of carbonyl (C=O) groups is 2. The number of rotatable bonds is 6. The Bertz CT molecular complexity index is 475. The van der Waals surface area contributed by atoms with Crippen LogP contribution in [0.3, 0.4) is 0 Å². The summed E-state index contributed by atoms with van der Waals surface area (Å²) in [6, 6.07) is 3.50. The fourth-order valence-corrected chi connectivity index (χ4v) is 1.84. The van der Waals surface area contributed by atoms with Gasteiger partial charge in [-0.15, -0.1) is 0 Å². The SMILES string of the molecule is COCC(C)(CC(=O)O)NC(=O)c1ncccc1C. The molecule has 0 saturated carbocycles. The van der Waals surface area contributed by atoms with Gasteiger partial charge in [0.2, 0.25) is 0 Å². The summed E-state index contributed by atoms with van der Waals surface area (Å²) in [5, 5.41) is 11.6. The van der Waals surface area contributed by atoms with Crippen molar-refractivity contribution in [2.24, 2.45) is 0 Å². The second-order valence-corrected chi connectivity index (χ2v) is 4.69. The van der Waals surface area contributed by atoms with Crippen LogP contribution in [0.4, 0.5) is 0 Å². The van der Waals surface area contributed by atoms with Gasteiger partial charge in [-0.2, -0.15) is 0 Å². The molecule has 1 atom stereocenters. The van der Waals surface area contributed by atoms with Crippen LogP contribution in [0.1, 0.15) is 29.4 Å². The number of methoxy groups -OCH3 is 1. The average molecular weight is 266 g/mol. The van der Waals surface area contributed by atoms with Crippen molar-refractivity contribution >= 4 is 11.9 Å². The first-order valence-electron chi connectivity index (χ1n) is 5.83. The number of aromatic nitrogens is 1. The molecular weight excluding hydrogens is 248 g/mol. The zero-order valence-electron chi connectivity index (χ0n) is 11.3. The lowest BCUT2D eigenvalue weighted by Crippen LogP contribution is -2.51. The van der Waals surface area contributed by atoms with Crippen molar-refractivity contribution in [1.82, 2.24) is 10.3 Å². The Balaban J connectivity index is 2.88. The Labute approximate surface area is 111 Å². The van der Waals surface area contributed by atoms with Gasteiger partial charge in [-0.25, -0.2) is 0 Å². The third-order valence-electron chi connectivity index (χ3n) is 2.64. The lowest BCUT2D eigenvalue weighted by Gasteiger charge is -2.28. The zero-order valence-corrected chi connectivity index (χ0v) is 11.3. The molecule has 6 nitrogen and oxygen atoms in total. The number of pyridine rings is 1. The van der Waals surface area contributed by atoms with E-state index in [1.54, 1.807) is 26.0 Å². The van der Waals surface area contributed by atoms with Crippen molar-refractivity contribution in [3.8, 4) is 0 Å². The summed E-state index contributed by atoms with van der Waals surface area (Å²) < 4.78 is 4.98. The van der Waals surface area contributed by atoms with Gasteiger partial charge in [-0.1, -0.05) is 6.07 Å². The molecule has 0 spiro atoms. The first-order valence-corrected chi connectivity index (χ1v) is 5.83. The lowest BCUT2D eigenvalue weighted by molar-refractivity contribution is -0.139. The van der Waals surface area contributed by atoms with Crippen LogP contribution in [0.5, 0.6) is 0 Å². The quantitative estimate of drug-likeness (QED) is 0.802. The number of carboxylic acids is 1. The average Bonchev–Trinajstić information content (AvgIpc) is 2.27. The molecule has 0 radical (unpaired) electrons. The van der Waals surface area contributed by atoms with Gasteiger partial charge < -0.3 is 15.2 Å². The Morgan fingerprint density at radius 3 is 2.74 bits per heavy atom. The number of carbonyl (C=O) groups excluding carboxylic acids is 1. The minimum atomic E-state index is -1.00. The Hall–Kier alpha value is -1.95. The summed E-state index contributed by atoms with van der Waals surface area (Å²) in [5.41, 5.74) is 0.0482. The van der Waals surface area contributed by atoms with Crippen LogP contribution in [0.2, 0.25) is 0 Å². The van der Waals surface area contributed by atoms with E-state index >= 15 is 0 Å². The summed E-state index contributed by atoms with van der Waals surface area (Å²) in [5.74, 6) is -1.41. The molecule has 19 heavy (non-hydrogen) atoms. The Morgan fingerprint density at radius 2 is 2.21 bits per heavy atom. The number of amides is 1. The standard InChI is InChI=1S/C13H18N2O4/c1-9-5-4-6-14-11(9)12(18)15-13(2,8-19-3)7-10(16)17/h4-6H,7-8H2,1-3H3,(H,15,18)(H,16,17). The van der Waals surface area contributed by atoms with Crippen LogP contribution in [-0.2, 0) is 9.53 Å². The van der Waals surface area contributed by atoms with Gasteiger partial charge in [-0.05, 0) is 25.5 Å². The molecule has 104 valence electrons. The summed E-state index contributed by atoms with van der Waals surface area (Å²) in [6.07, 6.45) is 1.30. The number of nitrogens with one attached hydrogen (secondary N) is 1. The maximum Gasteiger partial charge on any atom is 0.305 e.